The molecule has 0 aliphatic heterocycles. The highest BCUT2D eigenvalue weighted by atomic mass is 16.5. The van der Waals surface area contributed by atoms with E-state index >= 15 is 0 Å². The maximum atomic E-state index is 11.2. The second-order valence-corrected chi connectivity index (χ2v) is 4.48. The third-order valence-corrected chi connectivity index (χ3v) is 3.34. The number of hydrogen-bond acceptors (Lipinski definition) is 2. The van der Waals surface area contributed by atoms with Crippen molar-refractivity contribution in [1.82, 2.24) is 0 Å². The van der Waals surface area contributed by atoms with Crippen molar-refractivity contribution in [2.24, 2.45) is 0 Å². The average Bonchev–Trinajstić information content (AvgIpc) is 3.00. The van der Waals surface area contributed by atoms with Crippen LogP contribution in [-0.2, 0) is 14.9 Å². The highest BCUT2D eigenvalue weighted by Gasteiger charge is 2.54. The van der Waals surface area contributed by atoms with E-state index in [-0.39, 0.29) is 5.41 Å². The molecule has 1 saturated carbocycles. The van der Waals surface area contributed by atoms with Gasteiger partial charge in [0.15, 0.2) is 6.10 Å². The van der Waals surface area contributed by atoms with Crippen molar-refractivity contribution in [3.8, 4) is 0 Å². The molecule has 2 rings (SSSR count). The van der Waals surface area contributed by atoms with Crippen LogP contribution in [0.1, 0.15) is 24.0 Å². The van der Waals surface area contributed by atoms with E-state index in [9.17, 15) is 4.79 Å². The minimum atomic E-state index is -0.874. The summed E-state index contributed by atoms with van der Waals surface area (Å²) in [5.41, 5.74) is 1.94. The van der Waals surface area contributed by atoms with Crippen LogP contribution in [0.5, 0.6) is 0 Å². The molecule has 0 aromatic heterocycles. The predicted octanol–water partition coefficient (Wildman–Crippen LogP) is 2.13. The Labute approximate surface area is 95.0 Å². The molecule has 1 N–H and O–H groups in total. The van der Waals surface area contributed by atoms with Crippen LogP contribution in [0.3, 0.4) is 0 Å². The molecule has 1 aliphatic rings. The number of aliphatic carboxylic acids is 1. The molecule has 1 unspecified atom stereocenters. The summed E-state index contributed by atoms with van der Waals surface area (Å²) in [6.07, 6.45) is 1.05. The Balaban J connectivity index is 2.35. The summed E-state index contributed by atoms with van der Waals surface area (Å²) in [6.45, 7) is 2.02. The van der Waals surface area contributed by atoms with Crippen molar-refractivity contribution in [2.45, 2.75) is 31.3 Å². The number of carboxylic acids is 1. The first kappa shape index (κ1) is 11.1. The fourth-order valence-electron chi connectivity index (χ4n) is 2.35. The quantitative estimate of drug-likeness (QED) is 0.845. The molecule has 0 radical (unpaired) electrons. The lowest BCUT2D eigenvalue weighted by Gasteiger charge is -2.22. The Morgan fingerprint density at radius 1 is 1.50 bits per heavy atom. The van der Waals surface area contributed by atoms with Gasteiger partial charge in [-0.15, -0.1) is 0 Å². The van der Waals surface area contributed by atoms with Gasteiger partial charge in [0.25, 0.3) is 0 Å². The Morgan fingerprint density at radius 3 is 2.62 bits per heavy atom. The number of ether oxygens (including phenoxy) is 1. The molecule has 0 spiro atoms. The van der Waals surface area contributed by atoms with Crippen LogP contribution in [0.2, 0.25) is 0 Å². The van der Waals surface area contributed by atoms with E-state index in [0.29, 0.717) is 0 Å². The van der Waals surface area contributed by atoms with Crippen molar-refractivity contribution in [2.75, 3.05) is 7.11 Å². The molecule has 16 heavy (non-hydrogen) atoms. The normalized spacial score (nSPS) is 19.1. The van der Waals surface area contributed by atoms with Gasteiger partial charge in [-0.25, -0.2) is 4.79 Å². The zero-order chi connectivity index (χ0) is 11.8. The zero-order valence-corrected chi connectivity index (χ0v) is 9.56. The fourth-order valence-corrected chi connectivity index (χ4v) is 2.35. The Hall–Kier alpha value is -1.35. The van der Waals surface area contributed by atoms with Crippen LogP contribution in [0, 0.1) is 6.92 Å². The molecule has 0 bridgehead atoms. The van der Waals surface area contributed by atoms with Gasteiger partial charge in [-0.3, -0.25) is 0 Å². The smallest absolute Gasteiger partial charge is 0.333 e. The molecule has 1 atom stereocenters. The molecule has 1 aromatic carbocycles. The van der Waals surface area contributed by atoms with Gasteiger partial charge in [0, 0.05) is 12.5 Å². The first-order valence-electron chi connectivity index (χ1n) is 5.43. The molecule has 1 fully saturated rings. The van der Waals surface area contributed by atoms with E-state index in [2.05, 4.69) is 6.07 Å². The number of carbonyl (C=O) groups is 1. The molecule has 86 valence electrons. The van der Waals surface area contributed by atoms with Crippen LogP contribution >= 0.6 is 0 Å². The summed E-state index contributed by atoms with van der Waals surface area (Å²) in [5.74, 6) is -0.874. The van der Waals surface area contributed by atoms with Crippen molar-refractivity contribution in [1.29, 1.82) is 0 Å². The van der Waals surface area contributed by atoms with Gasteiger partial charge in [-0.05, 0) is 25.3 Å². The molecule has 0 saturated heterocycles. The Kier molecular flexibility index (Phi) is 2.72. The molecule has 3 heteroatoms. The lowest BCUT2D eigenvalue weighted by atomic mass is 9.89. The highest BCUT2D eigenvalue weighted by Crippen LogP contribution is 2.52. The number of hydrogen-bond donors (Lipinski definition) is 1. The molecular formula is C13H16O3. The van der Waals surface area contributed by atoms with E-state index in [0.717, 1.165) is 24.0 Å². The van der Waals surface area contributed by atoms with E-state index in [1.54, 1.807) is 0 Å². The number of rotatable bonds is 4. The van der Waals surface area contributed by atoms with Crippen LogP contribution in [0.4, 0.5) is 0 Å². The van der Waals surface area contributed by atoms with Gasteiger partial charge in [-0.2, -0.15) is 0 Å². The van der Waals surface area contributed by atoms with Crippen LogP contribution in [0.15, 0.2) is 24.3 Å². The average molecular weight is 220 g/mol. The van der Waals surface area contributed by atoms with Crippen LogP contribution in [-0.4, -0.2) is 24.3 Å². The SMILES string of the molecule is COC(C(=O)O)C1(c2cccc(C)c2)CC1. The second kappa shape index (κ2) is 3.91. The highest BCUT2D eigenvalue weighted by molar-refractivity contribution is 5.76. The Bertz CT molecular complexity index is 407. The summed E-state index contributed by atoms with van der Waals surface area (Å²) in [4.78, 5) is 11.2. The first-order chi connectivity index (χ1) is 7.60. The monoisotopic (exact) mass is 220 g/mol. The van der Waals surface area contributed by atoms with Gasteiger partial charge in [0.1, 0.15) is 0 Å². The number of methoxy groups -OCH3 is 1. The maximum absolute atomic E-state index is 11.2. The minimum Gasteiger partial charge on any atom is -0.479 e. The standard InChI is InChI=1S/C13H16O3/c1-9-4-3-5-10(8-9)13(6-7-13)11(16-2)12(14)15/h3-5,8,11H,6-7H2,1-2H3,(H,14,15). The van der Waals surface area contributed by atoms with Crippen molar-refractivity contribution in [3.05, 3.63) is 35.4 Å². The number of aryl methyl sites for hydroxylation is 1. The lowest BCUT2D eigenvalue weighted by molar-refractivity contribution is -0.150. The third kappa shape index (κ3) is 1.71. The molecule has 3 nitrogen and oxygen atoms in total. The van der Waals surface area contributed by atoms with E-state index in [4.69, 9.17) is 9.84 Å². The van der Waals surface area contributed by atoms with Gasteiger partial charge >= 0.3 is 5.97 Å². The number of benzene rings is 1. The van der Waals surface area contributed by atoms with E-state index in [1.807, 2.05) is 25.1 Å². The number of carboxylic acid groups (broad SMARTS) is 1. The summed E-state index contributed by atoms with van der Waals surface area (Å²) in [7, 11) is 1.47. The fraction of sp³-hybridized carbons (Fsp3) is 0.462. The summed E-state index contributed by atoms with van der Waals surface area (Å²) in [5, 5.41) is 9.15. The van der Waals surface area contributed by atoms with Gasteiger partial charge in [0.05, 0.1) is 0 Å². The van der Waals surface area contributed by atoms with E-state index < -0.39 is 12.1 Å². The maximum Gasteiger partial charge on any atom is 0.333 e. The Morgan fingerprint density at radius 2 is 2.19 bits per heavy atom. The van der Waals surface area contributed by atoms with Gasteiger partial charge < -0.3 is 9.84 Å². The summed E-state index contributed by atoms with van der Waals surface area (Å²) < 4.78 is 5.13. The van der Waals surface area contributed by atoms with Gasteiger partial charge in [-0.1, -0.05) is 29.8 Å². The zero-order valence-electron chi connectivity index (χ0n) is 9.56. The topological polar surface area (TPSA) is 46.5 Å². The van der Waals surface area contributed by atoms with Crippen LogP contribution in [0.25, 0.3) is 0 Å². The molecule has 1 aromatic rings. The first-order valence-corrected chi connectivity index (χ1v) is 5.43. The van der Waals surface area contributed by atoms with E-state index in [1.165, 1.54) is 7.11 Å². The molecule has 0 heterocycles. The van der Waals surface area contributed by atoms with Gasteiger partial charge in [0.2, 0.25) is 0 Å². The van der Waals surface area contributed by atoms with Crippen LogP contribution < -0.4 is 0 Å². The second-order valence-electron chi connectivity index (χ2n) is 4.48. The van der Waals surface area contributed by atoms with Crippen molar-refractivity contribution >= 4 is 5.97 Å². The molecule has 0 amide bonds. The minimum absolute atomic E-state index is 0.299. The largest absolute Gasteiger partial charge is 0.479 e. The lowest BCUT2D eigenvalue weighted by Crippen LogP contribution is -2.35. The molecular weight excluding hydrogens is 204 g/mol. The summed E-state index contributed by atoms with van der Waals surface area (Å²) >= 11 is 0. The third-order valence-electron chi connectivity index (χ3n) is 3.34. The van der Waals surface area contributed by atoms with Crippen molar-refractivity contribution in [3.63, 3.8) is 0 Å². The predicted molar refractivity (Wildman–Crippen MR) is 60.5 cm³/mol. The van der Waals surface area contributed by atoms with Crippen molar-refractivity contribution < 1.29 is 14.6 Å². The molecule has 1 aliphatic carbocycles. The summed E-state index contributed by atoms with van der Waals surface area (Å²) in [6, 6.07) is 8.04.